The Labute approximate surface area is 120 Å². The number of rotatable bonds is 4. The Balaban J connectivity index is 2.28. The standard InChI is InChI=1S/C12H14BrN3O2S/c1-8-2-3-9(5-12(8)13)16-19(17,18)11-4-10(6-14)15-7-11/h2-5,7,15-16H,6,14H2,1H3. The first kappa shape index (κ1) is 14.1. The van der Waals surface area contributed by atoms with Gasteiger partial charge in [0.15, 0.2) is 0 Å². The highest BCUT2D eigenvalue weighted by atomic mass is 79.9. The molecule has 7 heteroatoms. The van der Waals surface area contributed by atoms with Gasteiger partial charge in [0.25, 0.3) is 10.0 Å². The molecule has 1 aromatic carbocycles. The van der Waals surface area contributed by atoms with E-state index in [1.54, 1.807) is 12.1 Å². The number of sulfonamides is 1. The summed E-state index contributed by atoms with van der Waals surface area (Å²) in [6.07, 6.45) is 1.42. The van der Waals surface area contributed by atoms with Crippen LogP contribution in [0.25, 0.3) is 0 Å². The third-order valence-electron chi connectivity index (χ3n) is 2.67. The van der Waals surface area contributed by atoms with Crippen molar-refractivity contribution in [1.29, 1.82) is 0 Å². The van der Waals surface area contributed by atoms with E-state index in [2.05, 4.69) is 25.6 Å². The predicted molar refractivity (Wildman–Crippen MR) is 78.4 cm³/mol. The van der Waals surface area contributed by atoms with Gasteiger partial charge >= 0.3 is 0 Å². The summed E-state index contributed by atoms with van der Waals surface area (Å²) in [5.41, 5.74) is 7.66. The summed E-state index contributed by atoms with van der Waals surface area (Å²) < 4.78 is 27.7. The number of benzene rings is 1. The van der Waals surface area contributed by atoms with Crippen molar-refractivity contribution in [2.75, 3.05) is 4.72 Å². The van der Waals surface area contributed by atoms with E-state index in [4.69, 9.17) is 5.73 Å². The first-order chi connectivity index (χ1) is 8.92. The number of aryl methyl sites for hydroxylation is 1. The third-order valence-corrected chi connectivity index (χ3v) is 4.89. The molecule has 0 aliphatic heterocycles. The molecule has 2 aromatic rings. The number of nitrogens with one attached hydrogen (secondary N) is 2. The Morgan fingerprint density at radius 2 is 2.11 bits per heavy atom. The molecule has 0 amide bonds. The molecule has 0 radical (unpaired) electrons. The topological polar surface area (TPSA) is 88.0 Å². The number of aromatic amines is 1. The molecular formula is C12H14BrN3O2S. The Bertz CT molecular complexity index is 695. The molecule has 4 N–H and O–H groups in total. The lowest BCUT2D eigenvalue weighted by Crippen LogP contribution is -2.12. The number of halogens is 1. The number of H-pyrrole nitrogens is 1. The number of hydrogen-bond donors (Lipinski definition) is 3. The molecule has 0 fully saturated rings. The van der Waals surface area contributed by atoms with Crippen LogP contribution < -0.4 is 10.5 Å². The average molecular weight is 344 g/mol. The van der Waals surface area contributed by atoms with Crippen molar-refractivity contribution < 1.29 is 8.42 Å². The minimum absolute atomic E-state index is 0.171. The molecule has 1 heterocycles. The molecule has 0 saturated heterocycles. The summed E-state index contributed by atoms with van der Waals surface area (Å²) in [6.45, 7) is 2.20. The van der Waals surface area contributed by atoms with Gasteiger partial charge in [-0.2, -0.15) is 0 Å². The Hall–Kier alpha value is -1.31. The zero-order valence-electron chi connectivity index (χ0n) is 10.3. The van der Waals surface area contributed by atoms with Gasteiger partial charge in [0.2, 0.25) is 0 Å². The van der Waals surface area contributed by atoms with Crippen LogP contribution in [0.5, 0.6) is 0 Å². The molecule has 102 valence electrons. The molecule has 5 nitrogen and oxygen atoms in total. The van der Waals surface area contributed by atoms with Gasteiger partial charge < -0.3 is 10.7 Å². The Kier molecular flexibility index (Phi) is 3.98. The van der Waals surface area contributed by atoms with E-state index in [0.29, 0.717) is 11.4 Å². The fourth-order valence-electron chi connectivity index (χ4n) is 1.56. The van der Waals surface area contributed by atoms with Gasteiger partial charge in [0.1, 0.15) is 4.90 Å². The minimum atomic E-state index is -3.59. The number of anilines is 1. The third kappa shape index (κ3) is 3.17. The van der Waals surface area contributed by atoms with Crippen molar-refractivity contribution in [2.24, 2.45) is 5.73 Å². The lowest BCUT2D eigenvalue weighted by atomic mass is 10.2. The molecule has 0 unspecified atom stereocenters. The van der Waals surface area contributed by atoms with Gasteiger partial charge in [0, 0.05) is 28.6 Å². The normalized spacial score (nSPS) is 11.5. The van der Waals surface area contributed by atoms with Crippen LogP contribution in [-0.4, -0.2) is 13.4 Å². The smallest absolute Gasteiger partial charge is 0.263 e. The maximum Gasteiger partial charge on any atom is 0.263 e. The Morgan fingerprint density at radius 3 is 2.68 bits per heavy atom. The van der Waals surface area contributed by atoms with Gasteiger partial charge in [0.05, 0.1) is 0 Å². The monoisotopic (exact) mass is 343 g/mol. The van der Waals surface area contributed by atoms with Crippen LogP contribution in [0.1, 0.15) is 11.3 Å². The highest BCUT2D eigenvalue weighted by molar-refractivity contribution is 9.10. The zero-order valence-corrected chi connectivity index (χ0v) is 12.7. The highest BCUT2D eigenvalue weighted by Gasteiger charge is 2.16. The van der Waals surface area contributed by atoms with Gasteiger partial charge in [-0.3, -0.25) is 4.72 Å². The average Bonchev–Trinajstić information content (AvgIpc) is 2.83. The molecule has 1 aromatic heterocycles. The molecule has 0 bridgehead atoms. The summed E-state index contributed by atoms with van der Waals surface area (Å²) in [5.74, 6) is 0. The van der Waals surface area contributed by atoms with E-state index in [1.165, 1.54) is 12.3 Å². The first-order valence-corrected chi connectivity index (χ1v) is 7.86. The van der Waals surface area contributed by atoms with Crippen LogP contribution >= 0.6 is 15.9 Å². The summed E-state index contributed by atoms with van der Waals surface area (Å²) in [5, 5.41) is 0. The van der Waals surface area contributed by atoms with Crippen LogP contribution in [0.3, 0.4) is 0 Å². The van der Waals surface area contributed by atoms with Gasteiger partial charge in [-0.15, -0.1) is 0 Å². The van der Waals surface area contributed by atoms with Crippen molar-refractivity contribution in [1.82, 2.24) is 4.98 Å². The van der Waals surface area contributed by atoms with E-state index in [1.807, 2.05) is 13.0 Å². The fraction of sp³-hybridized carbons (Fsp3) is 0.167. The lowest BCUT2D eigenvalue weighted by molar-refractivity contribution is 0.601. The van der Waals surface area contributed by atoms with Crippen molar-refractivity contribution in [3.63, 3.8) is 0 Å². The number of hydrogen-bond acceptors (Lipinski definition) is 3. The SMILES string of the molecule is Cc1ccc(NS(=O)(=O)c2c[nH]c(CN)c2)cc1Br. The van der Waals surface area contributed by atoms with Crippen molar-refractivity contribution in [2.45, 2.75) is 18.4 Å². The van der Waals surface area contributed by atoms with Crippen LogP contribution in [0.15, 0.2) is 39.8 Å². The minimum Gasteiger partial charge on any atom is -0.363 e. The van der Waals surface area contributed by atoms with Crippen LogP contribution in [0.2, 0.25) is 0 Å². The van der Waals surface area contributed by atoms with E-state index < -0.39 is 10.0 Å². The molecule has 0 aliphatic rings. The van der Waals surface area contributed by atoms with Gasteiger partial charge in [-0.05, 0) is 30.7 Å². The maximum atomic E-state index is 12.1. The van der Waals surface area contributed by atoms with Crippen LogP contribution in [0.4, 0.5) is 5.69 Å². The summed E-state index contributed by atoms with van der Waals surface area (Å²) in [4.78, 5) is 2.99. The molecule has 19 heavy (non-hydrogen) atoms. The zero-order chi connectivity index (χ0) is 14.0. The van der Waals surface area contributed by atoms with E-state index in [0.717, 1.165) is 10.0 Å². The molecular weight excluding hydrogens is 330 g/mol. The second-order valence-corrected chi connectivity index (χ2v) is 6.67. The molecule has 2 rings (SSSR count). The highest BCUT2D eigenvalue weighted by Crippen LogP contribution is 2.23. The number of aromatic nitrogens is 1. The quantitative estimate of drug-likeness (QED) is 0.796. The van der Waals surface area contributed by atoms with Crippen molar-refractivity contribution in [3.05, 3.63) is 46.2 Å². The Morgan fingerprint density at radius 1 is 1.37 bits per heavy atom. The molecule has 0 spiro atoms. The van der Waals surface area contributed by atoms with Gasteiger partial charge in [-0.1, -0.05) is 22.0 Å². The maximum absolute atomic E-state index is 12.1. The van der Waals surface area contributed by atoms with Crippen molar-refractivity contribution in [3.8, 4) is 0 Å². The first-order valence-electron chi connectivity index (χ1n) is 5.59. The van der Waals surface area contributed by atoms with E-state index >= 15 is 0 Å². The summed E-state index contributed by atoms with van der Waals surface area (Å²) in [6, 6.07) is 6.80. The largest absolute Gasteiger partial charge is 0.363 e. The second-order valence-electron chi connectivity index (χ2n) is 4.13. The van der Waals surface area contributed by atoms with Crippen molar-refractivity contribution >= 4 is 31.6 Å². The van der Waals surface area contributed by atoms with Crippen LogP contribution in [-0.2, 0) is 16.6 Å². The van der Waals surface area contributed by atoms with E-state index in [9.17, 15) is 8.42 Å². The molecule has 0 aliphatic carbocycles. The fourth-order valence-corrected chi connectivity index (χ4v) is 3.01. The molecule has 0 atom stereocenters. The number of nitrogens with two attached hydrogens (primary N) is 1. The second kappa shape index (κ2) is 5.36. The summed E-state index contributed by atoms with van der Waals surface area (Å²) in [7, 11) is -3.59. The lowest BCUT2D eigenvalue weighted by Gasteiger charge is -2.07. The molecule has 0 saturated carbocycles. The van der Waals surface area contributed by atoms with E-state index in [-0.39, 0.29) is 11.4 Å². The van der Waals surface area contributed by atoms with Crippen LogP contribution in [0, 0.1) is 6.92 Å². The van der Waals surface area contributed by atoms with Gasteiger partial charge in [-0.25, -0.2) is 8.42 Å². The summed E-state index contributed by atoms with van der Waals surface area (Å²) >= 11 is 3.37. The predicted octanol–water partition coefficient (Wildman–Crippen LogP) is 2.35.